The van der Waals surface area contributed by atoms with Crippen LogP contribution < -0.4 is 4.74 Å². The zero-order chi connectivity index (χ0) is 19.9. The van der Waals surface area contributed by atoms with Gasteiger partial charge in [0.15, 0.2) is 11.5 Å². The molecule has 0 spiro atoms. The highest BCUT2D eigenvalue weighted by Gasteiger charge is 2.26. The summed E-state index contributed by atoms with van der Waals surface area (Å²) in [4.78, 5) is 4.01. The fraction of sp³-hybridized carbons (Fsp3) is 0.278. The highest BCUT2D eigenvalue weighted by atomic mass is 35.5. The molecule has 0 saturated carbocycles. The molecule has 144 valence electrons. The highest BCUT2D eigenvalue weighted by molar-refractivity contribution is 6.30. The van der Waals surface area contributed by atoms with Gasteiger partial charge in [-0.15, -0.1) is 0 Å². The summed E-state index contributed by atoms with van der Waals surface area (Å²) >= 11 is 5.91. The molecule has 0 aliphatic rings. The van der Waals surface area contributed by atoms with Crippen molar-refractivity contribution in [3.63, 3.8) is 0 Å². The number of hydrogen-bond acceptors (Lipinski definition) is 8. The van der Waals surface area contributed by atoms with Crippen LogP contribution in [-0.2, 0) is 0 Å². The number of azo groups is 1. The number of aliphatic hydroxyl groups is 3. The number of phenolic OH excluding ortho intramolecular Hbond substituents is 1. The predicted octanol–water partition coefficient (Wildman–Crippen LogP) is 2.60. The van der Waals surface area contributed by atoms with E-state index in [1.165, 1.54) is 25.5 Å². The molecule has 0 saturated heterocycles. The fourth-order valence-electron chi connectivity index (χ4n) is 2.06. The second-order valence-electron chi connectivity index (χ2n) is 5.72. The zero-order valence-electron chi connectivity index (χ0n) is 14.6. The Morgan fingerprint density at radius 2 is 1.70 bits per heavy atom. The minimum Gasteiger partial charge on any atom is -0.504 e. The van der Waals surface area contributed by atoms with Crippen molar-refractivity contribution in [2.45, 2.75) is 5.54 Å². The molecule has 0 radical (unpaired) electrons. The number of aromatic hydroxyl groups is 1. The van der Waals surface area contributed by atoms with Crippen molar-refractivity contribution in [1.29, 1.82) is 0 Å². The van der Waals surface area contributed by atoms with E-state index in [1.54, 1.807) is 24.3 Å². The van der Waals surface area contributed by atoms with Gasteiger partial charge in [-0.25, -0.2) is 0 Å². The van der Waals surface area contributed by atoms with Gasteiger partial charge in [0.05, 0.1) is 38.3 Å². The molecule has 2 aromatic rings. The Morgan fingerprint density at radius 1 is 1.04 bits per heavy atom. The molecule has 0 aliphatic heterocycles. The largest absolute Gasteiger partial charge is 0.504 e. The van der Waals surface area contributed by atoms with Crippen LogP contribution in [0.2, 0.25) is 5.02 Å². The lowest BCUT2D eigenvalue weighted by molar-refractivity contribution is 0.0718. The molecule has 9 heteroatoms. The lowest BCUT2D eigenvalue weighted by Gasteiger charge is -2.22. The summed E-state index contributed by atoms with van der Waals surface area (Å²) < 4.78 is 5.13. The molecule has 27 heavy (non-hydrogen) atoms. The Kier molecular flexibility index (Phi) is 7.26. The first-order valence-corrected chi connectivity index (χ1v) is 8.31. The van der Waals surface area contributed by atoms with Crippen molar-refractivity contribution in [2.75, 3.05) is 26.9 Å². The average molecular weight is 394 g/mol. The number of benzene rings is 2. The van der Waals surface area contributed by atoms with Gasteiger partial charge in [-0.3, -0.25) is 4.99 Å². The van der Waals surface area contributed by atoms with Crippen molar-refractivity contribution in [2.24, 2.45) is 15.2 Å². The first-order valence-electron chi connectivity index (χ1n) is 7.93. The molecule has 0 atom stereocenters. The Morgan fingerprint density at radius 3 is 2.30 bits per heavy atom. The van der Waals surface area contributed by atoms with Crippen LogP contribution in [-0.4, -0.2) is 59.1 Å². The van der Waals surface area contributed by atoms with Crippen LogP contribution in [0.25, 0.3) is 0 Å². The first-order chi connectivity index (χ1) is 13.0. The maximum absolute atomic E-state index is 10.3. The monoisotopic (exact) mass is 393 g/mol. The number of halogens is 1. The van der Waals surface area contributed by atoms with Gasteiger partial charge < -0.3 is 25.2 Å². The van der Waals surface area contributed by atoms with E-state index in [0.717, 1.165) is 0 Å². The molecule has 0 amide bonds. The molecular formula is C18H20ClN3O5. The van der Waals surface area contributed by atoms with E-state index in [9.17, 15) is 20.4 Å². The minimum atomic E-state index is -1.46. The standard InChI is InChI=1S/C18H20ClN3O5/c1-27-16-7-15(22-21-14-4-2-3-13(19)6-14)5-12(17(16)26)8-20-18(9-23,10-24)11-25/h2-8,23-26H,9-11H2,1H3. The summed E-state index contributed by atoms with van der Waals surface area (Å²) in [6.07, 6.45) is 1.22. The van der Waals surface area contributed by atoms with E-state index < -0.39 is 25.4 Å². The Hall–Kier alpha value is -2.52. The van der Waals surface area contributed by atoms with Gasteiger partial charge in [-0.05, 0) is 24.3 Å². The minimum absolute atomic E-state index is 0.140. The average Bonchev–Trinajstić information content (AvgIpc) is 2.69. The highest BCUT2D eigenvalue weighted by Crippen LogP contribution is 2.35. The molecule has 0 fully saturated rings. The Bertz CT molecular complexity index is 829. The van der Waals surface area contributed by atoms with Crippen molar-refractivity contribution < 1.29 is 25.2 Å². The molecular weight excluding hydrogens is 374 g/mol. The van der Waals surface area contributed by atoms with E-state index in [2.05, 4.69) is 15.2 Å². The SMILES string of the molecule is COc1cc(N=Nc2cccc(Cl)c2)cc(C=NC(CO)(CO)CO)c1O. The molecule has 0 aromatic heterocycles. The third kappa shape index (κ3) is 5.24. The van der Waals surface area contributed by atoms with Crippen molar-refractivity contribution in [3.05, 3.63) is 47.0 Å². The topological polar surface area (TPSA) is 127 Å². The van der Waals surface area contributed by atoms with Crippen molar-refractivity contribution in [1.82, 2.24) is 0 Å². The molecule has 0 bridgehead atoms. The maximum atomic E-state index is 10.3. The summed E-state index contributed by atoms with van der Waals surface area (Å²) in [7, 11) is 1.38. The van der Waals surface area contributed by atoms with Gasteiger partial charge in [-0.1, -0.05) is 17.7 Å². The van der Waals surface area contributed by atoms with E-state index in [0.29, 0.717) is 16.4 Å². The van der Waals surface area contributed by atoms with Gasteiger partial charge in [0.2, 0.25) is 0 Å². The first kappa shape index (κ1) is 20.8. The number of ether oxygens (including phenoxy) is 1. The van der Waals surface area contributed by atoms with E-state index in [4.69, 9.17) is 16.3 Å². The number of phenols is 1. The van der Waals surface area contributed by atoms with E-state index in [1.807, 2.05) is 0 Å². The second kappa shape index (κ2) is 9.43. The summed E-state index contributed by atoms with van der Waals surface area (Å²) in [6, 6.07) is 9.81. The Labute approximate surface area is 161 Å². The fourth-order valence-corrected chi connectivity index (χ4v) is 2.24. The summed E-state index contributed by atoms with van der Waals surface area (Å²) in [5.74, 6) is -0.0627. The lowest BCUT2D eigenvalue weighted by Crippen LogP contribution is -2.39. The number of aliphatic imine (C=N–C) groups is 1. The van der Waals surface area contributed by atoms with Crippen LogP contribution in [0.3, 0.4) is 0 Å². The third-order valence-electron chi connectivity index (χ3n) is 3.76. The van der Waals surface area contributed by atoms with Crippen LogP contribution in [0.1, 0.15) is 5.56 Å². The number of aliphatic hydroxyl groups excluding tert-OH is 3. The van der Waals surface area contributed by atoms with Crippen molar-refractivity contribution >= 4 is 29.2 Å². The second-order valence-corrected chi connectivity index (χ2v) is 6.16. The van der Waals surface area contributed by atoms with Crippen LogP contribution in [0, 0.1) is 0 Å². The van der Waals surface area contributed by atoms with Crippen LogP contribution in [0.15, 0.2) is 51.6 Å². The molecule has 0 heterocycles. The summed E-state index contributed by atoms with van der Waals surface area (Å²) in [5, 5.41) is 47.0. The van der Waals surface area contributed by atoms with Crippen LogP contribution in [0.4, 0.5) is 11.4 Å². The molecule has 0 unspecified atom stereocenters. The summed E-state index contributed by atoms with van der Waals surface area (Å²) in [6.45, 7) is -1.70. The van der Waals surface area contributed by atoms with Crippen LogP contribution in [0.5, 0.6) is 11.5 Å². The van der Waals surface area contributed by atoms with Gasteiger partial charge in [-0.2, -0.15) is 10.2 Å². The van der Waals surface area contributed by atoms with Crippen molar-refractivity contribution in [3.8, 4) is 11.5 Å². The zero-order valence-corrected chi connectivity index (χ0v) is 15.3. The van der Waals surface area contributed by atoms with E-state index >= 15 is 0 Å². The third-order valence-corrected chi connectivity index (χ3v) is 3.99. The smallest absolute Gasteiger partial charge is 0.166 e. The number of hydrogen-bond donors (Lipinski definition) is 4. The van der Waals surface area contributed by atoms with Gasteiger partial charge in [0.25, 0.3) is 0 Å². The molecule has 2 rings (SSSR count). The van der Waals surface area contributed by atoms with Crippen LogP contribution >= 0.6 is 11.6 Å². The number of nitrogens with zero attached hydrogens (tertiary/aromatic N) is 3. The quantitative estimate of drug-likeness (QED) is 0.405. The van der Waals surface area contributed by atoms with E-state index in [-0.39, 0.29) is 17.1 Å². The molecule has 4 N–H and O–H groups in total. The number of methoxy groups -OCH3 is 1. The Balaban J connectivity index is 2.39. The molecule has 8 nitrogen and oxygen atoms in total. The van der Waals surface area contributed by atoms with Gasteiger partial charge in [0, 0.05) is 22.9 Å². The van der Waals surface area contributed by atoms with Gasteiger partial charge in [0.1, 0.15) is 5.54 Å². The normalized spacial score (nSPS) is 12.2. The maximum Gasteiger partial charge on any atom is 0.166 e. The lowest BCUT2D eigenvalue weighted by atomic mass is 10.0. The van der Waals surface area contributed by atoms with Gasteiger partial charge >= 0.3 is 0 Å². The summed E-state index contributed by atoms with van der Waals surface area (Å²) in [5.41, 5.74) is -0.328. The number of rotatable bonds is 8. The predicted molar refractivity (Wildman–Crippen MR) is 102 cm³/mol. The molecule has 2 aromatic carbocycles. The molecule has 0 aliphatic carbocycles.